The Bertz CT molecular complexity index is 613. The van der Waals surface area contributed by atoms with Crippen LogP contribution in [0.15, 0.2) is 42.5 Å². The van der Waals surface area contributed by atoms with E-state index in [1.165, 1.54) is 6.07 Å². The summed E-state index contributed by atoms with van der Waals surface area (Å²) >= 11 is 0. The maximum atomic E-state index is 14.2. The molecule has 0 bridgehead atoms. The second-order valence-corrected chi connectivity index (χ2v) is 5.17. The highest BCUT2D eigenvalue weighted by molar-refractivity contribution is 5.50. The first-order valence-corrected chi connectivity index (χ1v) is 6.91. The van der Waals surface area contributed by atoms with Gasteiger partial charge in [-0.3, -0.25) is 0 Å². The summed E-state index contributed by atoms with van der Waals surface area (Å²) < 4.78 is 19.5. The van der Waals surface area contributed by atoms with E-state index in [1.807, 2.05) is 49.2 Å². The molecule has 0 unspecified atom stereocenters. The molecule has 0 fully saturated rings. The topological polar surface area (TPSA) is 38.5 Å². The Hall–Kier alpha value is -2.07. The second-order valence-electron chi connectivity index (χ2n) is 5.17. The van der Waals surface area contributed by atoms with E-state index in [-0.39, 0.29) is 11.9 Å². The highest BCUT2D eigenvalue weighted by Crippen LogP contribution is 2.25. The van der Waals surface area contributed by atoms with Crippen LogP contribution in [0.2, 0.25) is 0 Å². The monoisotopic (exact) mass is 288 g/mol. The smallest absolute Gasteiger partial charge is 0.146 e. The largest absolute Gasteiger partial charge is 0.496 e. The normalized spacial score (nSPS) is 12.0. The Morgan fingerprint density at radius 2 is 1.95 bits per heavy atom. The zero-order valence-corrected chi connectivity index (χ0v) is 12.6. The number of ether oxygens (including phenoxy) is 1. The van der Waals surface area contributed by atoms with E-state index < -0.39 is 0 Å². The average molecular weight is 288 g/mol. The van der Waals surface area contributed by atoms with Crippen LogP contribution in [0.1, 0.15) is 24.1 Å². The predicted molar refractivity (Wildman–Crippen MR) is 84.1 cm³/mol. The molecule has 4 heteroatoms. The summed E-state index contributed by atoms with van der Waals surface area (Å²) in [6, 6.07) is 12.7. The van der Waals surface area contributed by atoms with Gasteiger partial charge in [-0.15, -0.1) is 0 Å². The van der Waals surface area contributed by atoms with Gasteiger partial charge in [0.25, 0.3) is 0 Å². The molecule has 2 aromatic rings. The average Bonchev–Trinajstić information content (AvgIpc) is 2.47. The summed E-state index contributed by atoms with van der Waals surface area (Å²) in [5.41, 5.74) is 8.13. The zero-order chi connectivity index (χ0) is 15.4. The summed E-state index contributed by atoms with van der Waals surface area (Å²) in [6.07, 6.45) is 0. The van der Waals surface area contributed by atoms with E-state index in [0.29, 0.717) is 12.2 Å². The summed E-state index contributed by atoms with van der Waals surface area (Å²) in [5, 5.41) is 0. The number of nitrogens with two attached hydrogens (primary N) is 1. The van der Waals surface area contributed by atoms with Gasteiger partial charge in [-0.1, -0.05) is 24.3 Å². The lowest BCUT2D eigenvalue weighted by Gasteiger charge is -2.22. The summed E-state index contributed by atoms with van der Waals surface area (Å²) in [6.45, 7) is 2.41. The first-order chi connectivity index (χ1) is 10.0. The third-order valence-electron chi connectivity index (χ3n) is 3.51. The van der Waals surface area contributed by atoms with E-state index in [9.17, 15) is 4.39 Å². The fourth-order valence-electron chi connectivity index (χ4n) is 2.29. The van der Waals surface area contributed by atoms with E-state index in [4.69, 9.17) is 10.5 Å². The molecule has 0 saturated heterocycles. The van der Waals surface area contributed by atoms with E-state index >= 15 is 0 Å². The first kappa shape index (κ1) is 15.3. The zero-order valence-electron chi connectivity index (χ0n) is 12.6. The van der Waals surface area contributed by atoms with Crippen LogP contribution in [0, 0.1) is 5.82 Å². The van der Waals surface area contributed by atoms with E-state index in [1.54, 1.807) is 13.2 Å². The van der Waals surface area contributed by atoms with Gasteiger partial charge in [0.05, 0.1) is 12.8 Å². The van der Waals surface area contributed by atoms with Crippen LogP contribution in [0.4, 0.5) is 10.1 Å². The van der Waals surface area contributed by atoms with Crippen LogP contribution in [-0.2, 0) is 6.54 Å². The minimum Gasteiger partial charge on any atom is -0.496 e. The van der Waals surface area contributed by atoms with Crippen molar-refractivity contribution in [2.75, 3.05) is 19.1 Å². The molecular formula is C17H21FN2O. The molecular weight excluding hydrogens is 267 g/mol. The molecule has 0 radical (unpaired) electrons. The minimum absolute atomic E-state index is 0.173. The van der Waals surface area contributed by atoms with Gasteiger partial charge in [-0.25, -0.2) is 4.39 Å². The van der Waals surface area contributed by atoms with E-state index in [2.05, 4.69) is 0 Å². The van der Waals surface area contributed by atoms with Crippen molar-refractivity contribution in [3.63, 3.8) is 0 Å². The number of hydrogen-bond donors (Lipinski definition) is 1. The molecule has 0 aliphatic carbocycles. The van der Waals surface area contributed by atoms with Crippen LogP contribution in [0.25, 0.3) is 0 Å². The number of hydrogen-bond acceptors (Lipinski definition) is 3. The lowest BCUT2D eigenvalue weighted by molar-refractivity contribution is 0.409. The quantitative estimate of drug-likeness (QED) is 0.915. The first-order valence-electron chi connectivity index (χ1n) is 6.91. The van der Waals surface area contributed by atoms with Crippen LogP contribution < -0.4 is 15.4 Å². The van der Waals surface area contributed by atoms with Crippen molar-refractivity contribution in [1.82, 2.24) is 0 Å². The lowest BCUT2D eigenvalue weighted by Crippen LogP contribution is -2.18. The van der Waals surface area contributed by atoms with E-state index in [0.717, 1.165) is 16.9 Å². The standard InChI is InChI=1S/C17H21FN2O/c1-12(19)13-8-9-16(15(18)10-13)20(2)11-14-6-4-5-7-17(14)21-3/h4-10,12H,11,19H2,1-3H3/t12-/m0/s1. The molecule has 0 spiro atoms. The Balaban J connectivity index is 2.22. The number of anilines is 1. The Kier molecular flexibility index (Phi) is 4.81. The van der Waals surface area contributed by atoms with Crippen LogP contribution in [0.5, 0.6) is 5.75 Å². The molecule has 21 heavy (non-hydrogen) atoms. The molecule has 2 aromatic carbocycles. The number of benzene rings is 2. The molecule has 1 atom stereocenters. The number of nitrogens with zero attached hydrogens (tertiary/aromatic N) is 1. The SMILES string of the molecule is COc1ccccc1CN(C)c1ccc([C@H](C)N)cc1F. The molecule has 0 aliphatic rings. The van der Waals surface area contributed by atoms with Gasteiger partial charge >= 0.3 is 0 Å². The molecule has 0 saturated carbocycles. The number of para-hydroxylation sites is 1. The maximum absolute atomic E-state index is 14.2. The van der Waals surface area contributed by atoms with Crippen molar-refractivity contribution in [1.29, 1.82) is 0 Å². The molecule has 3 nitrogen and oxygen atoms in total. The van der Waals surface area contributed by atoms with Gasteiger partial charge in [0, 0.05) is 25.2 Å². The van der Waals surface area contributed by atoms with Crippen LogP contribution in [0.3, 0.4) is 0 Å². The highest BCUT2D eigenvalue weighted by atomic mass is 19.1. The number of halogens is 1. The number of rotatable bonds is 5. The summed E-state index contributed by atoms with van der Waals surface area (Å²) in [7, 11) is 3.49. The van der Waals surface area contributed by atoms with Crippen LogP contribution in [-0.4, -0.2) is 14.2 Å². The van der Waals surface area contributed by atoms with Crippen molar-refractivity contribution in [2.24, 2.45) is 5.73 Å². The minimum atomic E-state index is -0.262. The van der Waals surface area contributed by atoms with Crippen molar-refractivity contribution >= 4 is 5.69 Å². The fraction of sp³-hybridized carbons (Fsp3) is 0.294. The molecule has 0 aromatic heterocycles. The number of methoxy groups -OCH3 is 1. The van der Waals surface area contributed by atoms with Crippen molar-refractivity contribution in [3.05, 3.63) is 59.4 Å². The fourth-order valence-corrected chi connectivity index (χ4v) is 2.29. The molecule has 112 valence electrons. The van der Waals surface area contributed by atoms with Crippen molar-refractivity contribution in [2.45, 2.75) is 19.5 Å². The van der Waals surface area contributed by atoms with Gasteiger partial charge < -0.3 is 15.4 Å². The Morgan fingerprint density at radius 1 is 1.24 bits per heavy atom. The molecule has 2 rings (SSSR count). The second kappa shape index (κ2) is 6.59. The maximum Gasteiger partial charge on any atom is 0.146 e. The summed E-state index contributed by atoms with van der Waals surface area (Å²) in [4.78, 5) is 1.86. The van der Waals surface area contributed by atoms with Gasteiger partial charge in [-0.05, 0) is 30.7 Å². The van der Waals surface area contributed by atoms with Gasteiger partial charge in [0.2, 0.25) is 0 Å². The lowest BCUT2D eigenvalue weighted by atomic mass is 10.1. The molecule has 2 N–H and O–H groups in total. The highest BCUT2D eigenvalue weighted by Gasteiger charge is 2.12. The van der Waals surface area contributed by atoms with Crippen LogP contribution >= 0.6 is 0 Å². The molecule has 0 heterocycles. The van der Waals surface area contributed by atoms with Gasteiger partial charge in [0.1, 0.15) is 11.6 Å². The van der Waals surface area contributed by atoms with Crippen molar-refractivity contribution in [3.8, 4) is 5.75 Å². The Labute approximate surface area is 125 Å². The Morgan fingerprint density at radius 3 is 2.57 bits per heavy atom. The predicted octanol–water partition coefficient (Wildman–Crippen LogP) is 3.49. The third-order valence-corrected chi connectivity index (χ3v) is 3.51. The summed E-state index contributed by atoms with van der Waals surface area (Å²) in [5.74, 6) is 0.541. The molecule has 0 aliphatic heterocycles. The molecule has 0 amide bonds. The van der Waals surface area contributed by atoms with Gasteiger partial charge in [-0.2, -0.15) is 0 Å². The third kappa shape index (κ3) is 3.52. The van der Waals surface area contributed by atoms with Crippen molar-refractivity contribution < 1.29 is 9.13 Å². The van der Waals surface area contributed by atoms with Gasteiger partial charge in [0.15, 0.2) is 0 Å².